The summed E-state index contributed by atoms with van der Waals surface area (Å²) in [7, 11) is 0. The molecule has 140 valence electrons. The van der Waals surface area contributed by atoms with E-state index in [1.54, 1.807) is 12.4 Å². The smallest absolute Gasteiger partial charge is 0.198 e. The summed E-state index contributed by atoms with van der Waals surface area (Å²) in [5.41, 5.74) is 1.06. The highest BCUT2D eigenvalue weighted by molar-refractivity contribution is 7.71. The van der Waals surface area contributed by atoms with Gasteiger partial charge in [-0.05, 0) is 24.4 Å². The highest BCUT2D eigenvalue weighted by Gasteiger charge is 2.19. The second-order valence-corrected chi connectivity index (χ2v) is 6.85. The van der Waals surface area contributed by atoms with Crippen molar-refractivity contribution in [2.45, 2.75) is 19.6 Å². The van der Waals surface area contributed by atoms with Gasteiger partial charge in [0.1, 0.15) is 12.1 Å². The molecule has 0 aromatic carbocycles. The van der Waals surface area contributed by atoms with Crippen LogP contribution >= 0.6 is 12.2 Å². The Morgan fingerprint density at radius 3 is 2.63 bits per heavy atom. The van der Waals surface area contributed by atoms with Crippen molar-refractivity contribution in [2.75, 3.05) is 31.1 Å². The summed E-state index contributed by atoms with van der Waals surface area (Å²) in [4.78, 5) is 17.5. The van der Waals surface area contributed by atoms with Crippen molar-refractivity contribution in [2.24, 2.45) is 0 Å². The van der Waals surface area contributed by atoms with Gasteiger partial charge in [-0.1, -0.05) is 6.07 Å². The fraction of sp³-hybridized carbons (Fsp3) is 0.389. The molecular weight excluding hydrogens is 360 g/mol. The average Bonchev–Trinajstić information content (AvgIpc) is 3.08. The molecule has 9 heteroatoms. The van der Waals surface area contributed by atoms with E-state index in [1.165, 1.54) is 0 Å². The summed E-state index contributed by atoms with van der Waals surface area (Å²) in [6.45, 7) is 5.23. The maximum absolute atomic E-state index is 5.60. The number of piperazine rings is 1. The van der Waals surface area contributed by atoms with Crippen LogP contribution in [0.2, 0.25) is 0 Å². The second-order valence-electron chi connectivity index (χ2n) is 6.49. The Bertz CT molecular complexity index is 900. The van der Waals surface area contributed by atoms with Gasteiger partial charge < -0.3 is 9.47 Å². The molecule has 3 aromatic heterocycles. The molecule has 27 heavy (non-hydrogen) atoms. The standard InChI is InChI=1S/C18H22N8S/c27-18-25(8-4-16-3-1-2-5-20-16)14-22-26(18)15-23-9-11-24(12-10-23)17-13-19-6-7-21-17/h1-3,5-7,13-14H,4,8-12,15H2. The number of pyridine rings is 1. The van der Waals surface area contributed by atoms with Crippen molar-refractivity contribution in [1.82, 2.24) is 34.2 Å². The molecule has 0 spiro atoms. The van der Waals surface area contributed by atoms with Crippen molar-refractivity contribution in [1.29, 1.82) is 0 Å². The number of anilines is 1. The van der Waals surface area contributed by atoms with Gasteiger partial charge in [0.15, 0.2) is 4.77 Å². The van der Waals surface area contributed by atoms with Gasteiger partial charge in [0, 0.05) is 63.4 Å². The van der Waals surface area contributed by atoms with Crippen LogP contribution in [0.5, 0.6) is 0 Å². The molecule has 0 saturated carbocycles. The number of hydrogen-bond donors (Lipinski definition) is 0. The molecule has 1 aliphatic heterocycles. The van der Waals surface area contributed by atoms with Crippen molar-refractivity contribution < 1.29 is 0 Å². The van der Waals surface area contributed by atoms with Crippen molar-refractivity contribution in [3.8, 4) is 0 Å². The molecule has 3 aromatic rings. The van der Waals surface area contributed by atoms with Crippen LogP contribution < -0.4 is 4.90 Å². The Hall–Kier alpha value is -2.65. The maximum Gasteiger partial charge on any atom is 0.198 e. The van der Waals surface area contributed by atoms with Crippen LogP contribution in [0.25, 0.3) is 0 Å². The van der Waals surface area contributed by atoms with E-state index < -0.39 is 0 Å². The first kappa shape index (κ1) is 17.7. The van der Waals surface area contributed by atoms with Gasteiger partial charge >= 0.3 is 0 Å². The van der Waals surface area contributed by atoms with Crippen LogP contribution in [0.1, 0.15) is 5.69 Å². The third-order valence-electron chi connectivity index (χ3n) is 4.71. The van der Waals surface area contributed by atoms with E-state index in [4.69, 9.17) is 12.2 Å². The number of rotatable bonds is 6. The fourth-order valence-corrected chi connectivity index (χ4v) is 3.41. The normalized spacial score (nSPS) is 15.2. The quantitative estimate of drug-likeness (QED) is 0.600. The summed E-state index contributed by atoms with van der Waals surface area (Å²) in [5.74, 6) is 0.938. The van der Waals surface area contributed by atoms with Gasteiger partial charge in [-0.2, -0.15) is 5.10 Å². The molecule has 0 unspecified atom stereocenters. The predicted molar refractivity (Wildman–Crippen MR) is 105 cm³/mol. The number of aromatic nitrogens is 6. The summed E-state index contributed by atoms with van der Waals surface area (Å²) in [5, 5.41) is 4.48. The first-order chi connectivity index (χ1) is 13.3. The second kappa shape index (κ2) is 8.36. The Labute approximate surface area is 163 Å². The summed E-state index contributed by atoms with van der Waals surface area (Å²) in [6.07, 6.45) is 9.73. The van der Waals surface area contributed by atoms with E-state index in [-0.39, 0.29) is 0 Å². The van der Waals surface area contributed by atoms with Gasteiger partial charge in [0.2, 0.25) is 0 Å². The average molecular weight is 382 g/mol. The Balaban J connectivity index is 1.31. The lowest BCUT2D eigenvalue weighted by Gasteiger charge is -2.34. The minimum atomic E-state index is 0.712. The van der Waals surface area contributed by atoms with E-state index in [1.807, 2.05) is 46.2 Å². The van der Waals surface area contributed by atoms with E-state index in [9.17, 15) is 0 Å². The molecule has 4 heterocycles. The molecule has 0 atom stereocenters. The molecule has 0 aliphatic carbocycles. The Morgan fingerprint density at radius 1 is 1.00 bits per heavy atom. The molecular formula is C18H22N8S. The summed E-state index contributed by atoms with van der Waals surface area (Å²) >= 11 is 5.60. The van der Waals surface area contributed by atoms with Gasteiger partial charge in [-0.3, -0.25) is 14.9 Å². The summed E-state index contributed by atoms with van der Waals surface area (Å²) < 4.78 is 4.66. The molecule has 8 nitrogen and oxygen atoms in total. The van der Waals surface area contributed by atoms with E-state index in [0.29, 0.717) is 6.67 Å². The third kappa shape index (κ3) is 4.37. The highest BCUT2D eigenvalue weighted by Crippen LogP contribution is 2.12. The van der Waals surface area contributed by atoms with Crippen LogP contribution in [0, 0.1) is 4.77 Å². The van der Waals surface area contributed by atoms with Crippen molar-refractivity contribution in [3.05, 3.63) is 59.8 Å². The lowest BCUT2D eigenvalue weighted by molar-refractivity contribution is 0.193. The van der Waals surface area contributed by atoms with E-state index in [2.05, 4.69) is 29.9 Å². The van der Waals surface area contributed by atoms with Gasteiger partial charge in [-0.25, -0.2) is 9.67 Å². The maximum atomic E-state index is 5.60. The Kier molecular flexibility index (Phi) is 5.50. The minimum absolute atomic E-state index is 0.712. The molecule has 0 amide bonds. The zero-order valence-electron chi connectivity index (χ0n) is 15.1. The number of nitrogens with zero attached hydrogens (tertiary/aromatic N) is 8. The fourth-order valence-electron chi connectivity index (χ4n) is 3.17. The summed E-state index contributed by atoms with van der Waals surface area (Å²) in [6, 6.07) is 5.97. The first-order valence-electron chi connectivity index (χ1n) is 9.05. The van der Waals surface area contributed by atoms with E-state index >= 15 is 0 Å². The topological polar surface area (TPSA) is 67.9 Å². The van der Waals surface area contributed by atoms with E-state index in [0.717, 1.165) is 55.4 Å². The third-order valence-corrected chi connectivity index (χ3v) is 5.16. The molecule has 0 radical (unpaired) electrons. The van der Waals surface area contributed by atoms with Gasteiger partial charge in [0.25, 0.3) is 0 Å². The number of aryl methyl sites for hydroxylation is 2. The first-order valence-corrected chi connectivity index (χ1v) is 9.46. The largest absolute Gasteiger partial charge is 0.353 e. The van der Waals surface area contributed by atoms with Gasteiger partial charge in [0.05, 0.1) is 12.9 Å². The monoisotopic (exact) mass is 382 g/mol. The van der Waals surface area contributed by atoms with Crippen LogP contribution in [0.15, 0.2) is 49.3 Å². The van der Waals surface area contributed by atoms with Gasteiger partial charge in [-0.15, -0.1) is 0 Å². The molecule has 1 aliphatic rings. The molecule has 1 fully saturated rings. The molecule has 4 rings (SSSR count). The van der Waals surface area contributed by atoms with Crippen LogP contribution in [0.3, 0.4) is 0 Å². The van der Waals surface area contributed by atoms with Crippen LogP contribution in [-0.2, 0) is 19.6 Å². The lowest BCUT2D eigenvalue weighted by atomic mass is 10.3. The molecule has 1 saturated heterocycles. The van der Waals surface area contributed by atoms with Crippen molar-refractivity contribution in [3.63, 3.8) is 0 Å². The zero-order valence-corrected chi connectivity index (χ0v) is 15.9. The zero-order chi connectivity index (χ0) is 18.5. The Morgan fingerprint density at radius 2 is 1.89 bits per heavy atom. The molecule has 0 bridgehead atoms. The SMILES string of the molecule is S=c1n(CCc2ccccn2)cnn1CN1CCN(c2cnccn2)CC1. The van der Waals surface area contributed by atoms with Crippen molar-refractivity contribution >= 4 is 18.0 Å². The van der Waals surface area contributed by atoms with Crippen LogP contribution in [0.4, 0.5) is 5.82 Å². The van der Waals surface area contributed by atoms with Crippen LogP contribution in [-0.4, -0.2) is 60.4 Å². The predicted octanol–water partition coefficient (Wildman–Crippen LogP) is 1.62. The highest BCUT2D eigenvalue weighted by atomic mass is 32.1. The lowest BCUT2D eigenvalue weighted by Crippen LogP contribution is -2.47. The number of hydrogen-bond acceptors (Lipinski definition) is 7. The minimum Gasteiger partial charge on any atom is -0.353 e. The molecule has 0 N–H and O–H groups in total.